The van der Waals surface area contributed by atoms with Crippen molar-refractivity contribution in [3.8, 4) is 0 Å². The van der Waals surface area contributed by atoms with Gasteiger partial charge in [0, 0.05) is 20.9 Å². The van der Waals surface area contributed by atoms with Gasteiger partial charge in [0.05, 0.1) is 5.56 Å². The minimum absolute atomic E-state index is 0.168. The van der Waals surface area contributed by atoms with Crippen LogP contribution in [0.15, 0.2) is 70.1 Å². The third-order valence-electron chi connectivity index (χ3n) is 3.06. The molecule has 7 nitrogen and oxygen atoms in total. The average Bonchev–Trinajstić information content (AvgIpc) is 2.95. The van der Waals surface area contributed by atoms with Crippen LogP contribution in [-0.4, -0.2) is 10.9 Å². The van der Waals surface area contributed by atoms with Crippen molar-refractivity contribution in [3.05, 3.63) is 73.8 Å². The number of halogens is 1. The highest BCUT2D eigenvalue weighted by Gasteiger charge is 2.56. The molecule has 1 heterocycles. The number of hydrogen-bond acceptors (Lipinski definition) is 5. The topological polar surface area (TPSA) is 80.2 Å². The summed E-state index contributed by atoms with van der Waals surface area (Å²) in [6.07, 6.45) is 0. The quantitative estimate of drug-likeness (QED) is 0.346. The van der Waals surface area contributed by atoms with Gasteiger partial charge in [-0.15, -0.1) is 0 Å². The molecule has 0 amide bonds. The van der Waals surface area contributed by atoms with Crippen LogP contribution in [0.2, 0.25) is 0 Å². The second-order valence-corrected chi connectivity index (χ2v) is 5.53. The molecule has 1 aliphatic heterocycles. The first-order valence-electron chi connectivity index (χ1n) is 6.01. The van der Waals surface area contributed by atoms with Crippen molar-refractivity contribution in [1.82, 2.24) is 4.70 Å². The molecule has 3 rings (SSSR count). The third-order valence-corrected chi connectivity index (χ3v) is 3.78. The summed E-state index contributed by atoms with van der Waals surface area (Å²) in [7, 11) is 0. The summed E-state index contributed by atoms with van der Waals surface area (Å²) in [5, 5.41) is 22.4. The molecule has 1 atom stereocenters. The van der Waals surface area contributed by atoms with Crippen molar-refractivity contribution in [2.75, 3.05) is 0 Å². The molecule has 0 saturated heterocycles. The number of quaternary nitrogens is 1. The zero-order valence-corrected chi connectivity index (χ0v) is 12.8. The van der Waals surface area contributed by atoms with E-state index in [0.717, 1.165) is 3.57 Å². The number of amidine groups is 1. The van der Waals surface area contributed by atoms with Crippen LogP contribution >= 0.6 is 22.6 Å². The van der Waals surface area contributed by atoms with Gasteiger partial charge in [0.2, 0.25) is 5.69 Å². The fourth-order valence-electron chi connectivity index (χ4n) is 2.08. The first-order valence-corrected chi connectivity index (χ1v) is 7.09. The zero-order valence-electron chi connectivity index (χ0n) is 10.6. The van der Waals surface area contributed by atoms with Crippen LogP contribution in [0.5, 0.6) is 0 Å². The summed E-state index contributed by atoms with van der Waals surface area (Å²) in [5.41, 5.74) is 0.988. The second kappa shape index (κ2) is 5.30. The lowest BCUT2D eigenvalue weighted by Gasteiger charge is -2.15. The fourth-order valence-corrected chi connectivity index (χ4v) is 2.44. The molecule has 0 spiro atoms. The second-order valence-electron chi connectivity index (χ2n) is 4.28. The van der Waals surface area contributed by atoms with Gasteiger partial charge in [-0.25, -0.2) is 10.1 Å². The van der Waals surface area contributed by atoms with E-state index in [0.29, 0.717) is 11.3 Å². The molecule has 0 bridgehead atoms. The minimum atomic E-state index is -0.971. The highest BCUT2D eigenvalue weighted by Crippen LogP contribution is 2.31. The summed E-state index contributed by atoms with van der Waals surface area (Å²) in [5.74, 6) is 0.168. The Morgan fingerprint density at radius 1 is 1.05 bits per heavy atom. The van der Waals surface area contributed by atoms with Crippen LogP contribution in [0.1, 0.15) is 5.56 Å². The van der Waals surface area contributed by atoms with E-state index >= 15 is 0 Å². The number of nitro groups is 1. The Morgan fingerprint density at radius 2 is 1.71 bits per heavy atom. The highest BCUT2D eigenvalue weighted by molar-refractivity contribution is 14.1. The molecule has 0 saturated carbocycles. The van der Waals surface area contributed by atoms with E-state index in [1.807, 2.05) is 6.07 Å². The Kier molecular flexibility index (Phi) is 3.47. The monoisotopic (exact) mass is 394 g/mol. The Labute approximate surface area is 133 Å². The maximum atomic E-state index is 11.7. The lowest BCUT2D eigenvalue weighted by atomic mass is 10.2. The molecule has 0 fully saturated rings. The van der Waals surface area contributed by atoms with Crippen molar-refractivity contribution in [2.45, 2.75) is 0 Å². The van der Waals surface area contributed by atoms with Gasteiger partial charge in [0.25, 0.3) is 5.03 Å². The van der Waals surface area contributed by atoms with Crippen molar-refractivity contribution in [2.24, 2.45) is 15.5 Å². The maximum absolute atomic E-state index is 11.7. The van der Waals surface area contributed by atoms with Crippen molar-refractivity contribution in [1.29, 1.82) is 0 Å². The smallest absolute Gasteiger partial charge is 0.204 e. The lowest BCUT2D eigenvalue weighted by molar-refractivity contribution is -0.618. The molecular weight excluding hydrogens is 385 g/mol. The van der Waals surface area contributed by atoms with E-state index in [2.05, 4.69) is 38.1 Å². The Balaban J connectivity index is 2.18. The summed E-state index contributed by atoms with van der Waals surface area (Å²) in [4.78, 5) is 11.7. The third kappa shape index (κ3) is 2.21. The molecule has 2 aromatic rings. The average molecular weight is 394 g/mol. The van der Waals surface area contributed by atoms with E-state index < -0.39 is 9.73 Å². The summed E-state index contributed by atoms with van der Waals surface area (Å²) in [6.45, 7) is 0. The number of rotatable bonds is 3. The molecular formula is C13H9IN5O2+. The van der Waals surface area contributed by atoms with Gasteiger partial charge in [-0.3, -0.25) is 0 Å². The van der Waals surface area contributed by atoms with E-state index in [1.54, 1.807) is 48.5 Å². The van der Waals surface area contributed by atoms with Crippen molar-refractivity contribution >= 4 is 34.1 Å². The number of hydrogen-bond donors (Lipinski definition) is 0. The van der Waals surface area contributed by atoms with Crippen molar-refractivity contribution < 1.29 is 5.03 Å². The predicted molar refractivity (Wildman–Crippen MR) is 85.8 cm³/mol. The molecule has 1 unspecified atom stereocenters. The van der Waals surface area contributed by atoms with Crippen LogP contribution in [0.25, 0.3) is 0 Å². The zero-order chi connectivity index (χ0) is 14.9. The summed E-state index contributed by atoms with van der Waals surface area (Å²) >= 11 is 2.14. The van der Waals surface area contributed by atoms with Crippen LogP contribution in [0.3, 0.4) is 0 Å². The highest BCUT2D eigenvalue weighted by atomic mass is 127. The molecule has 21 heavy (non-hydrogen) atoms. The van der Waals surface area contributed by atoms with E-state index in [1.165, 1.54) is 0 Å². The first-order chi connectivity index (χ1) is 10.1. The molecule has 0 radical (unpaired) electrons. The summed E-state index contributed by atoms with van der Waals surface area (Å²) in [6, 6.07) is 15.8. The van der Waals surface area contributed by atoms with Gasteiger partial charge in [0.1, 0.15) is 5.22 Å². The van der Waals surface area contributed by atoms with E-state index in [9.17, 15) is 10.1 Å². The number of nitrogens with zero attached hydrogens (tertiary/aromatic N) is 5. The van der Waals surface area contributed by atoms with Gasteiger partial charge in [-0.2, -0.15) is 0 Å². The molecule has 1 aliphatic rings. The first kappa shape index (κ1) is 13.8. The molecule has 104 valence electrons. The predicted octanol–water partition coefficient (Wildman–Crippen LogP) is 3.53. The standard InChI is InChI=1S/C13H9IN5O2/c14-11-6-8-12(9-7-11)19(18(20)21)13(15-16-17-19)10-4-2-1-3-5-10/h1-9H/q+1. The maximum Gasteiger partial charge on any atom is 0.355 e. The van der Waals surface area contributed by atoms with Crippen LogP contribution in [0, 0.1) is 13.7 Å². The number of benzene rings is 2. The van der Waals surface area contributed by atoms with Gasteiger partial charge in [-0.1, -0.05) is 23.3 Å². The Morgan fingerprint density at radius 3 is 2.33 bits per heavy atom. The van der Waals surface area contributed by atoms with Crippen LogP contribution in [-0.2, 0) is 0 Å². The molecule has 2 aromatic carbocycles. The largest absolute Gasteiger partial charge is 0.355 e. The van der Waals surface area contributed by atoms with Gasteiger partial charge in [-0.05, 0) is 46.9 Å². The van der Waals surface area contributed by atoms with Crippen LogP contribution < -0.4 is 4.70 Å². The van der Waals surface area contributed by atoms with E-state index in [-0.39, 0.29) is 5.84 Å². The minimum Gasteiger partial charge on any atom is -0.204 e. The van der Waals surface area contributed by atoms with Gasteiger partial charge >= 0.3 is 5.84 Å². The normalized spacial score (nSPS) is 20.3. The molecule has 0 N–H and O–H groups in total. The van der Waals surface area contributed by atoms with E-state index in [4.69, 9.17) is 0 Å². The van der Waals surface area contributed by atoms with Gasteiger partial charge < -0.3 is 0 Å². The molecule has 0 aliphatic carbocycles. The van der Waals surface area contributed by atoms with Gasteiger partial charge in [0.15, 0.2) is 4.70 Å². The fraction of sp³-hybridized carbons (Fsp3) is 0. The molecule has 0 aromatic heterocycles. The lowest BCUT2D eigenvalue weighted by Crippen LogP contribution is -2.52. The Hall–Kier alpha value is -2.20. The summed E-state index contributed by atoms with van der Waals surface area (Å²) < 4.78 is 0.00758. The molecule has 8 heteroatoms. The van der Waals surface area contributed by atoms with Crippen LogP contribution in [0.4, 0.5) is 5.69 Å². The Bertz CT molecular complexity index is 745. The van der Waals surface area contributed by atoms with Crippen molar-refractivity contribution in [3.63, 3.8) is 0 Å². The SMILES string of the molecule is O=[N+]([O-])[N+]1(c2ccc(I)cc2)N=NN=C1c1ccccc1.